The molecule has 0 radical (unpaired) electrons. The SMILES string of the molecule is NCC1CN(C(=O)c2ccc(Br)c(Cl)c2)CCO1. The van der Waals surface area contributed by atoms with Gasteiger partial charge in [0, 0.05) is 29.7 Å². The van der Waals surface area contributed by atoms with E-state index >= 15 is 0 Å². The normalized spacial score (nSPS) is 19.9. The molecule has 2 N–H and O–H groups in total. The van der Waals surface area contributed by atoms with Crippen LogP contribution in [-0.2, 0) is 4.74 Å². The van der Waals surface area contributed by atoms with Crippen molar-refractivity contribution in [1.82, 2.24) is 4.90 Å². The topological polar surface area (TPSA) is 55.6 Å². The van der Waals surface area contributed by atoms with Gasteiger partial charge in [0.25, 0.3) is 5.91 Å². The maximum Gasteiger partial charge on any atom is 0.254 e. The third-order valence-electron chi connectivity index (χ3n) is 2.86. The first-order valence-corrected chi connectivity index (χ1v) is 6.85. The summed E-state index contributed by atoms with van der Waals surface area (Å²) in [6.45, 7) is 2.06. The number of nitrogens with two attached hydrogens (primary N) is 1. The minimum atomic E-state index is -0.0754. The van der Waals surface area contributed by atoms with E-state index in [1.807, 2.05) is 0 Å². The van der Waals surface area contributed by atoms with Crippen LogP contribution in [0.15, 0.2) is 22.7 Å². The number of hydrogen-bond acceptors (Lipinski definition) is 3. The van der Waals surface area contributed by atoms with E-state index in [1.165, 1.54) is 0 Å². The lowest BCUT2D eigenvalue weighted by Crippen LogP contribution is -2.48. The number of halogens is 2. The fourth-order valence-electron chi connectivity index (χ4n) is 1.86. The molecule has 4 nitrogen and oxygen atoms in total. The molecular formula is C12H14BrClN2O2. The molecule has 0 aromatic heterocycles. The highest BCUT2D eigenvalue weighted by atomic mass is 79.9. The van der Waals surface area contributed by atoms with Crippen LogP contribution in [-0.4, -0.2) is 43.2 Å². The molecule has 1 unspecified atom stereocenters. The molecule has 1 aromatic carbocycles. The summed E-state index contributed by atoms with van der Waals surface area (Å²) in [6, 6.07) is 5.20. The van der Waals surface area contributed by atoms with Crippen molar-refractivity contribution < 1.29 is 9.53 Å². The molecule has 1 aliphatic rings. The first-order valence-electron chi connectivity index (χ1n) is 5.68. The molecule has 0 aliphatic carbocycles. The predicted octanol–water partition coefficient (Wildman–Crippen LogP) is 1.90. The number of nitrogens with zero attached hydrogens (tertiary/aromatic N) is 1. The second-order valence-electron chi connectivity index (χ2n) is 4.11. The Labute approximate surface area is 119 Å². The Balaban J connectivity index is 2.12. The first-order chi connectivity index (χ1) is 8.61. The van der Waals surface area contributed by atoms with Gasteiger partial charge >= 0.3 is 0 Å². The molecule has 2 rings (SSSR count). The molecule has 1 heterocycles. The van der Waals surface area contributed by atoms with Crippen molar-refractivity contribution in [2.24, 2.45) is 5.73 Å². The van der Waals surface area contributed by atoms with Gasteiger partial charge in [-0.05, 0) is 34.1 Å². The van der Waals surface area contributed by atoms with Gasteiger partial charge in [-0.2, -0.15) is 0 Å². The highest BCUT2D eigenvalue weighted by molar-refractivity contribution is 9.10. The van der Waals surface area contributed by atoms with Crippen LogP contribution in [0.2, 0.25) is 5.02 Å². The van der Waals surface area contributed by atoms with Crippen LogP contribution >= 0.6 is 27.5 Å². The van der Waals surface area contributed by atoms with E-state index in [0.29, 0.717) is 36.8 Å². The van der Waals surface area contributed by atoms with Crippen molar-refractivity contribution in [3.05, 3.63) is 33.3 Å². The van der Waals surface area contributed by atoms with Gasteiger partial charge in [-0.15, -0.1) is 0 Å². The van der Waals surface area contributed by atoms with Crippen molar-refractivity contribution in [2.45, 2.75) is 6.10 Å². The fourth-order valence-corrected chi connectivity index (χ4v) is 2.29. The van der Waals surface area contributed by atoms with Gasteiger partial charge in [0.2, 0.25) is 0 Å². The third kappa shape index (κ3) is 3.03. The molecule has 0 bridgehead atoms. The van der Waals surface area contributed by atoms with Crippen molar-refractivity contribution in [3.8, 4) is 0 Å². The van der Waals surface area contributed by atoms with Crippen molar-refractivity contribution >= 4 is 33.4 Å². The number of rotatable bonds is 2. The summed E-state index contributed by atoms with van der Waals surface area (Å²) >= 11 is 9.29. The summed E-state index contributed by atoms with van der Waals surface area (Å²) in [4.78, 5) is 14.0. The van der Waals surface area contributed by atoms with E-state index in [4.69, 9.17) is 22.1 Å². The molecule has 1 amide bonds. The first kappa shape index (κ1) is 13.8. The van der Waals surface area contributed by atoms with Gasteiger partial charge in [0.15, 0.2) is 0 Å². The van der Waals surface area contributed by atoms with E-state index in [1.54, 1.807) is 23.1 Å². The number of carbonyl (C=O) groups is 1. The third-order valence-corrected chi connectivity index (χ3v) is 4.09. The molecule has 1 saturated heterocycles. The van der Waals surface area contributed by atoms with E-state index in [0.717, 1.165) is 4.47 Å². The van der Waals surface area contributed by atoms with Crippen LogP contribution in [0.5, 0.6) is 0 Å². The number of amides is 1. The zero-order chi connectivity index (χ0) is 13.1. The molecular weight excluding hydrogens is 320 g/mol. The predicted molar refractivity (Wildman–Crippen MR) is 73.8 cm³/mol. The second kappa shape index (κ2) is 6.02. The Kier molecular flexibility index (Phi) is 4.61. The standard InChI is InChI=1S/C12H14BrClN2O2/c13-10-2-1-8(5-11(10)14)12(17)16-3-4-18-9(6-15)7-16/h1-2,5,9H,3-4,6-7,15H2. The van der Waals surface area contributed by atoms with Crippen molar-refractivity contribution in [1.29, 1.82) is 0 Å². The number of benzene rings is 1. The lowest BCUT2D eigenvalue weighted by atomic mass is 10.1. The zero-order valence-electron chi connectivity index (χ0n) is 9.73. The molecule has 6 heteroatoms. The molecule has 1 atom stereocenters. The Bertz CT molecular complexity index is 456. The summed E-state index contributed by atoms with van der Waals surface area (Å²) in [6.07, 6.45) is -0.0754. The average molecular weight is 334 g/mol. The van der Waals surface area contributed by atoms with Crippen LogP contribution in [0.4, 0.5) is 0 Å². The van der Waals surface area contributed by atoms with E-state index in [9.17, 15) is 4.79 Å². The Hall–Kier alpha value is -0.620. The Morgan fingerprint density at radius 1 is 1.61 bits per heavy atom. The van der Waals surface area contributed by atoms with Gasteiger partial charge in [-0.3, -0.25) is 4.79 Å². The van der Waals surface area contributed by atoms with Gasteiger partial charge in [-0.1, -0.05) is 11.6 Å². The number of morpholine rings is 1. The monoisotopic (exact) mass is 332 g/mol. The lowest BCUT2D eigenvalue weighted by molar-refractivity contribution is -0.0167. The highest BCUT2D eigenvalue weighted by Gasteiger charge is 2.24. The van der Waals surface area contributed by atoms with Crippen LogP contribution in [0.25, 0.3) is 0 Å². The quantitative estimate of drug-likeness (QED) is 0.899. The summed E-state index contributed by atoms with van der Waals surface area (Å²) < 4.78 is 6.21. The summed E-state index contributed by atoms with van der Waals surface area (Å²) in [5.74, 6) is -0.0360. The van der Waals surface area contributed by atoms with Gasteiger partial charge in [0.1, 0.15) is 0 Å². The Morgan fingerprint density at radius 2 is 2.39 bits per heavy atom. The van der Waals surface area contributed by atoms with Crippen molar-refractivity contribution in [3.63, 3.8) is 0 Å². The summed E-state index contributed by atoms with van der Waals surface area (Å²) in [5, 5.41) is 0.532. The molecule has 1 fully saturated rings. The molecule has 1 aliphatic heterocycles. The maximum atomic E-state index is 12.3. The van der Waals surface area contributed by atoms with E-state index < -0.39 is 0 Å². The number of carbonyl (C=O) groups excluding carboxylic acids is 1. The van der Waals surface area contributed by atoms with E-state index in [-0.39, 0.29) is 12.0 Å². The molecule has 0 saturated carbocycles. The van der Waals surface area contributed by atoms with Gasteiger partial charge < -0.3 is 15.4 Å². The fraction of sp³-hybridized carbons (Fsp3) is 0.417. The summed E-state index contributed by atoms with van der Waals surface area (Å²) in [5.41, 5.74) is 6.14. The van der Waals surface area contributed by atoms with Crippen LogP contribution in [0, 0.1) is 0 Å². The molecule has 98 valence electrons. The van der Waals surface area contributed by atoms with E-state index in [2.05, 4.69) is 15.9 Å². The van der Waals surface area contributed by atoms with Crippen LogP contribution in [0.1, 0.15) is 10.4 Å². The molecule has 18 heavy (non-hydrogen) atoms. The highest BCUT2D eigenvalue weighted by Crippen LogP contribution is 2.24. The molecule has 0 spiro atoms. The van der Waals surface area contributed by atoms with Crippen LogP contribution < -0.4 is 5.73 Å². The van der Waals surface area contributed by atoms with Gasteiger partial charge in [-0.25, -0.2) is 0 Å². The smallest absolute Gasteiger partial charge is 0.254 e. The molecule has 1 aromatic rings. The van der Waals surface area contributed by atoms with Crippen molar-refractivity contribution in [2.75, 3.05) is 26.2 Å². The maximum absolute atomic E-state index is 12.3. The minimum absolute atomic E-state index is 0.0360. The minimum Gasteiger partial charge on any atom is -0.373 e. The summed E-state index contributed by atoms with van der Waals surface area (Å²) in [7, 11) is 0. The second-order valence-corrected chi connectivity index (χ2v) is 5.37. The van der Waals surface area contributed by atoms with Crippen LogP contribution in [0.3, 0.4) is 0 Å². The lowest BCUT2D eigenvalue weighted by Gasteiger charge is -2.32. The zero-order valence-corrected chi connectivity index (χ0v) is 12.1. The van der Waals surface area contributed by atoms with Gasteiger partial charge in [0.05, 0.1) is 17.7 Å². The average Bonchev–Trinajstić information content (AvgIpc) is 2.41. The number of hydrogen-bond donors (Lipinski definition) is 1. The largest absolute Gasteiger partial charge is 0.373 e. The number of ether oxygens (including phenoxy) is 1. The Morgan fingerprint density at radius 3 is 3.06 bits per heavy atom.